The monoisotopic (exact) mass is 607 g/mol. The summed E-state index contributed by atoms with van der Waals surface area (Å²) in [5, 5.41) is 12.7. The molecule has 6 heterocycles. The van der Waals surface area contributed by atoms with E-state index in [2.05, 4.69) is 24.9 Å². The highest BCUT2D eigenvalue weighted by Crippen LogP contribution is 2.43. The molecule has 234 valence electrons. The van der Waals surface area contributed by atoms with Gasteiger partial charge in [0.1, 0.15) is 0 Å². The summed E-state index contributed by atoms with van der Waals surface area (Å²) >= 11 is 0. The molecule has 0 bridgehead atoms. The van der Waals surface area contributed by atoms with Crippen LogP contribution in [0.15, 0.2) is 24.5 Å². The minimum atomic E-state index is -2.65. The lowest BCUT2D eigenvalue weighted by Crippen LogP contribution is -2.55. The van der Waals surface area contributed by atoms with E-state index in [0.717, 1.165) is 67.3 Å². The number of piperazine rings is 1. The van der Waals surface area contributed by atoms with Crippen molar-refractivity contribution in [3.05, 3.63) is 46.9 Å². The molecule has 0 aliphatic carbocycles. The van der Waals surface area contributed by atoms with Crippen molar-refractivity contribution in [3.8, 4) is 11.1 Å². The maximum Gasteiger partial charge on any atom is 0.264 e. The van der Waals surface area contributed by atoms with Crippen LogP contribution in [0.3, 0.4) is 0 Å². The van der Waals surface area contributed by atoms with Crippen molar-refractivity contribution in [2.45, 2.75) is 45.2 Å². The first-order valence-corrected chi connectivity index (χ1v) is 15.5. The third-order valence-electron chi connectivity index (χ3n) is 9.52. The van der Waals surface area contributed by atoms with E-state index in [1.807, 2.05) is 15.9 Å². The van der Waals surface area contributed by atoms with Crippen LogP contribution >= 0.6 is 0 Å². The van der Waals surface area contributed by atoms with Crippen LogP contribution in [0.1, 0.15) is 48.2 Å². The molecule has 2 saturated heterocycles. The van der Waals surface area contributed by atoms with Gasteiger partial charge in [0.05, 0.1) is 25.3 Å². The zero-order chi connectivity index (χ0) is 30.5. The Bertz CT molecular complexity index is 1570. The van der Waals surface area contributed by atoms with Crippen LogP contribution in [0.5, 0.6) is 0 Å². The van der Waals surface area contributed by atoms with E-state index >= 15 is 0 Å². The minimum absolute atomic E-state index is 0.00261. The molecule has 0 radical (unpaired) electrons. The lowest BCUT2D eigenvalue weighted by atomic mass is 9.92. The Kier molecular flexibility index (Phi) is 7.61. The standard InChI is InChI=1S/C31H39F2N9O2/c1-20(43)39-9-5-27-26(18-39)31(36-42(27)23-16-40(17-23)29(44)19-38-10-6-34-7-11-38)41-8-3-4-21-12-24(22-14-35-37(2)15-22)25(30(32)33)13-28(21)41/h12-15,23,30,34H,3-11,16-19H2,1-2H3. The van der Waals surface area contributed by atoms with Crippen molar-refractivity contribution < 1.29 is 18.4 Å². The van der Waals surface area contributed by atoms with Crippen LogP contribution in [-0.2, 0) is 36.0 Å². The molecule has 0 atom stereocenters. The lowest BCUT2D eigenvalue weighted by Gasteiger charge is -2.41. The largest absolute Gasteiger partial charge is 0.338 e. The van der Waals surface area contributed by atoms with Crippen LogP contribution in [-0.4, -0.2) is 105 Å². The molecule has 1 aromatic carbocycles. The summed E-state index contributed by atoms with van der Waals surface area (Å²) in [6, 6.07) is 3.56. The highest BCUT2D eigenvalue weighted by atomic mass is 19.3. The summed E-state index contributed by atoms with van der Waals surface area (Å²) in [6.07, 6.45) is 3.02. The van der Waals surface area contributed by atoms with E-state index in [1.54, 1.807) is 37.1 Å². The van der Waals surface area contributed by atoms with Gasteiger partial charge in [-0.2, -0.15) is 10.2 Å². The number of likely N-dealkylation sites (tertiary alicyclic amines) is 1. The quantitative estimate of drug-likeness (QED) is 0.460. The average molecular weight is 608 g/mol. The molecule has 0 spiro atoms. The molecule has 2 amide bonds. The first kappa shape index (κ1) is 28.9. The number of benzene rings is 1. The molecule has 4 aliphatic rings. The van der Waals surface area contributed by atoms with Crippen molar-refractivity contribution in [1.82, 2.24) is 39.6 Å². The maximum absolute atomic E-state index is 14.5. The van der Waals surface area contributed by atoms with Gasteiger partial charge < -0.3 is 20.0 Å². The SMILES string of the molecule is CC(=O)N1CCc2c(c(N3CCCc4cc(-c5cnn(C)c5)c(C(F)F)cc43)nn2C2CN(C(=O)CN3CCNCC3)C2)C1. The van der Waals surface area contributed by atoms with Gasteiger partial charge in [0, 0.05) is 107 Å². The van der Waals surface area contributed by atoms with Gasteiger partial charge in [-0.3, -0.25) is 23.9 Å². The second kappa shape index (κ2) is 11.6. The van der Waals surface area contributed by atoms with Crippen LogP contribution < -0.4 is 10.2 Å². The maximum atomic E-state index is 14.5. The molecule has 44 heavy (non-hydrogen) atoms. The molecular formula is C31H39F2N9O2. The van der Waals surface area contributed by atoms with Crippen LogP contribution in [0.4, 0.5) is 20.3 Å². The van der Waals surface area contributed by atoms with E-state index in [4.69, 9.17) is 5.10 Å². The molecule has 11 nitrogen and oxygen atoms in total. The summed E-state index contributed by atoms with van der Waals surface area (Å²) < 4.78 is 32.7. The van der Waals surface area contributed by atoms with E-state index in [9.17, 15) is 18.4 Å². The number of alkyl halides is 2. The molecule has 2 fully saturated rings. The Balaban J connectivity index is 1.21. The predicted molar refractivity (Wildman–Crippen MR) is 161 cm³/mol. The van der Waals surface area contributed by atoms with Crippen molar-refractivity contribution in [2.24, 2.45) is 7.05 Å². The zero-order valence-corrected chi connectivity index (χ0v) is 25.3. The number of anilines is 2. The minimum Gasteiger partial charge on any atom is -0.338 e. The summed E-state index contributed by atoms with van der Waals surface area (Å²) in [5.41, 5.74) is 4.93. The van der Waals surface area contributed by atoms with Gasteiger partial charge in [-0.25, -0.2) is 8.78 Å². The van der Waals surface area contributed by atoms with Crippen molar-refractivity contribution in [2.75, 3.05) is 63.8 Å². The van der Waals surface area contributed by atoms with Gasteiger partial charge in [-0.05, 0) is 36.1 Å². The Hall–Kier alpha value is -3.84. The Morgan fingerprint density at radius 1 is 1.07 bits per heavy atom. The second-order valence-corrected chi connectivity index (χ2v) is 12.4. The number of amides is 2. The van der Waals surface area contributed by atoms with Gasteiger partial charge >= 0.3 is 0 Å². The van der Waals surface area contributed by atoms with Gasteiger partial charge in [-0.15, -0.1) is 0 Å². The van der Waals surface area contributed by atoms with Gasteiger partial charge in [0.15, 0.2) is 5.82 Å². The first-order chi connectivity index (χ1) is 21.3. The molecule has 7 rings (SSSR count). The van der Waals surface area contributed by atoms with E-state index in [1.165, 1.54) is 0 Å². The van der Waals surface area contributed by atoms with Gasteiger partial charge in [0.2, 0.25) is 11.8 Å². The average Bonchev–Trinajstić information content (AvgIpc) is 3.59. The summed E-state index contributed by atoms with van der Waals surface area (Å²) in [5.74, 6) is 0.871. The van der Waals surface area contributed by atoms with Crippen LogP contribution in [0, 0.1) is 0 Å². The number of rotatable bonds is 6. The molecule has 0 saturated carbocycles. The molecular weight excluding hydrogens is 568 g/mol. The fraction of sp³-hybridized carbons (Fsp3) is 0.548. The third-order valence-corrected chi connectivity index (χ3v) is 9.52. The van der Waals surface area contributed by atoms with Crippen molar-refractivity contribution in [1.29, 1.82) is 0 Å². The van der Waals surface area contributed by atoms with Crippen molar-refractivity contribution >= 4 is 23.3 Å². The number of aryl methyl sites for hydroxylation is 2. The molecule has 0 unspecified atom stereocenters. The zero-order valence-electron chi connectivity index (χ0n) is 25.3. The van der Waals surface area contributed by atoms with Crippen molar-refractivity contribution in [3.63, 3.8) is 0 Å². The second-order valence-electron chi connectivity index (χ2n) is 12.4. The smallest absolute Gasteiger partial charge is 0.264 e. The highest BCUT2D eigenvalue weighted by molar-refractivity contribution is 5.80. The summed E-state index contributed by atoms with van der Waals surface area (Å²) in [7, 11) is 1.78. The Morgan fingerprint density at radius 2 is 1.86 bits per heavy atom. The Morgan fingerprint density at radius 3 is 2.57 bits per heavy atom. The number of carbonyl (C=O) groups excluding carboxylic acids is 2. The van der Waals surface area contributed by atoms with E-state index in [0.29, 0.717) is 56.8 Å². The number of hydrogen-bond acceptors (Lipinski definition) is 7. The number of aromatic nitrogens is 4. The number of nitrogens with zero attached hydrogens (tertiary/aromatic N) is 8. The molecule has 1 N–H and O–H groups in total. The number of carbonyl (C=O) groups is 2. The first-order valence-electron chi connectivity index (χ1n) is 15.5. The van der Waals surface area contributed by atoms with E-state index in [-0.39, 0.29) is 23.4 Å². The third kappa shape index (κ3) is 5.25. The fourth-order valence-corrected chi connectivity index (χ4v) is 7.05. The number of halogens is 2. The molecule has 4 aliphatic heterocycles. The predicted octanol–water partition coefficient (Wildman–Crippen LogP) is 2.50. The number of fused-ring (bicyclic) bond motifs is 2. The van der Waals surface area contributed by atoms with Crippen LogP contribution in [0.2, 0.25) is 0 Å². The molecule has 2 aromatic heterocycles. The lowest BCUT2D eigenvalue weighted by molar-refractivity contribution is -0.138. The number of nitrogens with one attached hydrogen (secondary N) is 1. The topological polar surface area (TPSA) is 94.8 Å². The highest BCUT2D eigenvalue weighted by Gasteiger charge is 2.38. The van der Waals surface area contributed by atoms with Gasteiger partial charge in [-0.1, -0.05) is 0 Å². The molecule has 3 aromatic rings. The molecule has 13 heteroatoms. The Labute approximate surface area is 255 Å². The fourth-order valence-electron chi connectivity index (χ4n) is 7.05. The van der Waals surface area contributed by atoms with E-state index < -0.39 is 6.43 Å². The van der Waals surface area contributed by atoms with Crippen LogP contribution in [0.25, 0.3) is 11.1 Å². The number of hydrogen-bond donors (Lipinski definition) is 1. The summed E-state index contributed by atoms with van der Waals surface area (Å²) in [4.78, 5) is 33.4. The summed E-state index contributed by atoms with van der Waals surface area (Å²) in [6.45, 7) is 8.43. The van der Waals surface area contributed by atoms with Gasteiger partial charge in [0.25, 0.3) is 6.43 Å². The normalized spacial score (nSPS) is 19.2.